The van der Waals surface area contributed by atoms with Gasteiger partial charge in [-0.15, -0.1) is 0 Å². The first-order valence-corrected chi connectivity index (χ1v) is 15.0. The number of aliphatic hydroxyl groups excluding tert-OH is 1. The van der Waals surface area contributed by atoms with Gasteiger partial charge in [0, 0.05) is 49.5 Å². The Balaban J connectivity index is 1.16. The summed E-state index contributed by atoms with van der Waals surface area (Å²) in [7, 11) is -3.84. The second kappa shape index (κ2) is 10.8. The Morgan fingerprint density at radius 2 is 1.79 bits per heavy atom. The molecule has 3 saturated heterocycles. The number of anilines is 2. The molecular weight excluding hydrogens is 555 g/mol. The molecule has 2 aromatic rings. The lowest BCUT2D eigenvalue weighted by molar-refractivity contribution is -0.128. The Bertz CT molecular complexity index is 1280. The molecule has 4 heterocycles. The number of benzene rings is 1. The van der Waals surface area contributed by atoms with Crippen LogP contribution in [0.25, 0.3) is 0 Å². The first kappa shape index (κ1) is 28.0. The van der Waals surface area contributed by atoms with Crippen LogP contribution in [0.5, 0.6) is 0 Å². The van der Waals surface area contributed by atoms with Crippen molar-refractivity contribution in [2.45, 2.75) is 53.1 Å². The standard InChI is InChI=1S/C25H30F3N5O4S2/c26-25(27,28)38-18-3-6-22(30-15-18)31-20-7-12-33(16-21(20)34)39(36,37)19-4-1-17(2-5-19)32-13-9-24(10-14-32)8-11-29-23(24)35/h1-6,15,20-21,34H,7-14,16H2,(H,29,35)(H,30,31)/t20-,21+/m1/s1. The summed E-state index contributed by atoms with van der Waals surface area (Å²) < 4.78 is 65.3. The van der Waals surface area contributed by atoms with E-state index in [1.54, 1.807) is 24.3 Å². The number of pyridine rings is 1. The van der Waals surface area contributed by atoms with Crippen molar-refractivity contribution in [1.29, 1.82) is 0 Å². The van der Waals surface area contributed by atoms with Crippen molar-refractivity contribution in [2.24, 2.45) is 5.41 Å². The largest absolute Gasteiger partial charge is 0.446 e. The van der Waals surface area contributed by atoms with Crippen molar-refractivity contribution in [2.75, 3.05) is 42.9 Å². The lowest BCUT2D eigenvalue weighted by atomic mass is 9.77. The van der Waals surface area contributed by atoms with Gasteiger partial charge in [-0.2, -0.15) is 17.5 Å². The Morgan fingerprint density at radius 3 is 2.36 bits per heavy atom. The normalized spacial score (nSPS) is 24.1. The molecule has 0 saturated carbocycles. The lowest BCUT2D eigenvalue weighted by Gasteiger charge is -2.38. The van der Waals surface area contributed by atoms with Crippen molar-refractivity contribution < 1.29 is 31.5 Å². The molecule has 0 radical (unpaired) electrons. The Morgan fingerprint density at radius 1 is 1.08 bits per heavy atom. The molecule has 14 heteroatoms. The van der Waals surface area contributed by atoms with Gasteiger partial charge in [-0.25, -0.2) is 13.4 Å². The number of thioether (sulfide) groups is 1. The second-order valence-corrected chi connectivity index (χ2v) is 13.2. The molecule has 3 aliphatic rings. The van der Waals surface area contributed by atoms with Crippen molar-refractivity contribution in [1.82, 2.24) is 14.6 Å². The Labute approximate surface area is 229 Å². The highest BCUT2D eigenvalue weighted by Crippen LogP contribution is 2.39. The highest BCUT2D eigenvalue weighted by atomic mass is 32.2. The topological polar surface area (TPSA) is 115 Å². The van der Waals surface area contributed by atoms with E-state index >= 15 is 0 Å². The highest BCUT2D eigenvalue weighted by Gasteiger charge is 2.44. The summed E-state index contributed by atoms with van der Waals surface area (Å²) in [6.45, 7) is 2.22. The number of nitrogens with one attached hydrogen (secondary N) is 2. The van der Waals surface area contributed by atoms with Gasteiger partial charge in [0.15, 0.2) is 0 Å². The van der Waals surface area contributed by atoms with Gasteiger partial charge in [0.25, 0.3) is 0 Å². The second-order valence-electron chi connectivity index (χ2n) is 10.2. The molecule has 0 bridgehead atoms. The van der Waals surface area contributed by atoms with Crippen molar-refractivity contribution in [3.05, 3.63) is 42.6 Å². The number of nitrogens with zero attached hydrogens (tertiary/aromatic N) is 3. The third-order valence-corrected chi connectivity index (χ3v) is 10.4. The zero-order valence-corrected chi connectivity index (χ0v) is 22.7. The molecular formula is C25H30F3N5O4S2. The molecule has 3 N–H and O–H groups in total. The maximum absolute atomic E-state index is 13.3. The van der Waals surface area contributed by atoms with Crippen molar-refractivity contribution in [3.8, 4) is 0 Å². The van der Waals surface area contributed by atoms with Crippen LogP contribution in [0.3, 0.4) is 0 Å². The third kappa shape index (κ3) is 6.13. The van der Waals surface area contributed by atoms with Crippen molar-refractivity contribution >= 4 is 39.2 Å². The summed E-state index contributed by atoms with van der Waals surface area (Å²) in [6.07, 6.45) is 2.76. The number of sulfonamides is 1. The third-order valence-electron chi connectivity index (χ3n) is 7.78. The molecule has 3 fully saturated rings. The van der Waals surface area contributed by atoms with Crippen molar-refractivity contribution in [3.63, 3.8) is 0 Å². The van der Waals surface area contributed by atoms with Crippen LogP contribution < -0.4 is 15.5 Å². The summed E-state index contributed by atoms with van der Waals surface area (Å²) in [5.41, 5.74) is -3.78. The smallest absolute Gasteiger partial charge is 0.390 e. The first-order valence-electron chi connectivity index (χ1n) is 12.8. The zero-order chi connectivity index (χ0) is 27.8. The Hall–Kier alpha value is -2.55. The number of hydrogen-bond donors (Lipinski definition) is 3. The molecule has 1 aromatic carbocycles. The average molecular weight is 586 g/mol. The van der Waals surface area contributed by atoms with Gasteiger partial charge in [-0.1, -0.05) is 0 Å². The summed E-state index contributed by atoms with van der Waals surface area (Å²) in [5.74, 6) is 0.439. The summed E-state index contributed by atoms with van der Waals surface area (Å²) >= 11 is -0.260. The molecule has 1 amide bonds. The van der Waals surface area contributed by atoms with Crippen LogP contribution in [0.1, 0.15) is 25.7 Å². The van der Waals surface area contributed by atoms with E-state index in [0.717, 1.165) is 50.8 Å². The zero-order valence-electron chi connectivity index (χ0n) is 21.0. The minimum Gasteiger partial charge on any atom is -0.390 e. The predicted octanol–water partition coefficient (Wildman–Crippen LogP) is 3.04. The number of alkyl halides is 3. The molecule has 1 aromatic heterocycles. The molecule has 9 nitrogen and oxygen atoms in total. The number of hydrogen-bond acceptors (Lipinski definition) is 8. The van der Waals surface area contributed by atoms with E-state index in [-0.39, 0.29) is 46.0 Å². The number of β-amino-alcohol motifs (C(OH)–C–C–N with tert-alkyl or cyclic N) is 1. The number of rotatable bonds is 6. The number of aliphatic hydroxyl groups is 1. The summed E-state index contributed by atoms with van der Waals surface area (Å²) in [5, 5.41) is 16.6. The number of amides is 1. The van der Waals surface area contributed by atoms with Crippen LogP contribution in [-0.2, 0) is 14.8 Å². The molecule has 39 heavy (non-hydrogen) atoms. The molecule has 0 aliphatic carbocycles. The fourth-order valence-electron chi connectivity index (χ4n) is 5.50. The van der Waals surface area contributed by atoms with E-state index in [1.165, 1.54) is 16.4 Å². The lowest BCUT2D eigenvalue weighted by Crippen LogP contribution is -2.51. The number of aromatic nitrogens is 1. The van der Waals surface area contributed by atoms with Gasteiger partial charge in [-0.05, 0) is 73.8 Å². The van der Waals surface area contributed by atoms with Crippen LogP contribution in [0.4, 0.5) is 24.7 Å². The molecule has 5 rings (SSSR count). The van der Waals surface area contributed by atoms with Crippen LogP contribution in [0, 0.1) is 5.41 Å². The maximum atomic E-state index is 13.3. The fourth-order valence-corrected chi connectivity index (χ4v) is 7.48. The van der Waals surface area contributed by atoms with E-state index in [0.29, 0.717) is 12.2 Å². The summed E-state index contributed by atoms with van der Waals surface area (Å²) in [6, 6.07) is 8.87. The number of carbonyl (C=O) groups is 1. The van der Waals surface area contributed by atoms with E-state index < -0.39 is 27.7 Å². The van der Waals surface area contributed by atoms with Crippen LogP contribution in [-0.4, -0.2) is 79.1 Å². The monoisotopic (exact) mass is 585 g/mol. The van der Waals surface area contributed by atoms with E-state index in [9.17, 15) is 31.5 Å². The maximum Gasteiger partial charge on any atom is 0.446 e. The van der Waals surface area contributed by atoms with Gasteiger partial charge in [0.05, 0.1) is 22.5 Å². The molecule has 1 spiro atoms. The minimum atomic E-state index is -4.41. The van der Waals surface area contributed by atoms with Gasteiger partial charge in [0.2, 0.25) is 15.9 Å². The quantitative estimate of drug-likeness (QED) is 0.444. The molecule has 2 atom stereocenters. The Kier molecular flexibility index (Phi) is 7.74. The van der Waals surface area contributed by atoms with E-state index in [1.807, 2.05) is 0 Å². The number of halogens is 3. The fraction of sp³-hybridized carbons (Fsp3) is 0.520. The van der Waals surface area contributed by atoms with E-state index in [2.05, 4.69) is 20.5 Å². The highest BCUT2D eigenvalue weighted by molar-refractivity contribution is 8.00. The first-order chi connectivity index (χ1) is 18.5. The van der Waals surface area contributed by atoms with Gasteiger partial charge >= 0.3 is 5.51 Å². The number of carbonyl (C=O) groups excluding carboxylic acids is 1. The molecule has 212 valence electrons. The predicted molar refractivity (Wildman–Crippen MR) is 141 cm³/mol. The SMILES string of the molecule is O=C1NCCC12CCN(c1ccc(S(=O)(=O)N3CC[C@@H](Nc4ccc(SC(F)(F)F)cn4)[C@@H](O)C3)cc1)CC2. The van der Waals surface area contributed by atoms with Gasteiger partial charge < -0.3 is 20.6 Å². The van der Waals surface area contributed by atoms with Gasteiger partial charge in [-0.3, -0.25) is 4.79 Å². The summed E-state index contributed by atoms with van der Waals surface area (Å²) in [4.78, 5) is 18.5. The number of piperidine rings is 2. The van der Waals surface area contributed by atoms with Crippen LogP contribution in [0.2, 0.25) is 0 Å². The van der Waals surface area contributed by atoms with Crippen LogP contribution in [0.15, 0.2) is 52.4 Å². The molecule has 0 unspecified atom stereocenters. The van der Waals surface area contributed by atoms with Gasteiger partial charge in [0.1, 0.15) is 5.82 Å². The van der Waals surface area contributed by atoms with Crippen LogP contribution >= 0.6 is 11.8 Å². The molecule has 3 aliphatic heterocycles. The minimum absolute atomic E-state index is 0.0500. The average Bonchev–Trinajstić information content (AvgIpc) is 3.25. The van der Waals surface area contributed by atoms with E-state index in [4.69, 9.17) is 0 Å².